The van der Waals surface area contributed by atoms with Crippen molar-refractivity contribution >= 4 is 17.9 Å². The van der Waals surface area contributed by atoms with Gasteiger partial charge < -0.3 is 14.2 Å². The first-order chi connectivity index (χ1) is 39.0. The lowest BCUT2D eigenvalue weighted by Crippen LogP contribution is -2.30. The molecule has 0 fully saturated rings. The van der Waals surface area contributed by atoms with E-state index in [0.717, 1.165) is 103 Å². The molecule has 6 nitrogen and oxygen atoms in total. The molecule has 1 atom stereocenters. The molecule has 0 spiro atoms. The Morgan fingerprint density at radius 3 is 0.823 bits per heavy atom. The van der Waals surface area contributed by atoms with Crippen molar-refractivity contribution in [3.05, 3.63) is 109 Å². The molecule has 0 aromatic carbocycles. The lowest BCUT2D eigenvalue weighted by atomic mass is 10.0. The topological polar surface area (TPSA) is 78.9 Å². The summed E-state index contributed by atoms with van der Waals surface area (Å²) >= 11 is 0. The molecule has 0 aromatic heterocycles. The van der Waals surface area contributed by atoms with Gasteiger partial charge in [-0.3, -0.25) is 14.4 Å². The Balaban J connectivity index is 4.39. The summed E-state index contributed by atoms with van der Waals surface area (Å²) < 4.78 is 16.9. The van der Waals surface area contributed by atoms with Crippen LogP contribution in [0.15, 0.2) is 109 Å². The van der Waals surface area contributed by atoms with Crippen LogP contribution in [0.4, 0.5) is 0 Å². The zero-order valence-electron chi connectivity index (χ0n) is 51.9. The molecule has 6 heteroatoms. The van der Waals surface area contributed by atoms with Crippen LogP contribution >= 0.6 is 0 Å². The second-order valence-electron chi connectivity index (χ2n) is 22.0. The summed E-state index contributed by atoms with van der Waals surface area (Å²) in [5.41, 5.74) is 0. The highest BCUT2D eigenvalue weighted by Gasteiger charge is 2.19. The lowest BCUT2D eigenvalue weighted by Gasteiger charge is -2.18. The molecule has 0 aromatic rings. The number of rotatable bonds is 60. The molecule has 452 valence electrons. The van der Waals surface area contributed by atoms with Crippen molar-refractivity contribution in [2.45, 2.75) is 322 Å². The first-order valence-corrected chi connectivity index (χ1v) is 33.4. The molecule has 0 rings (SSSR count). The van der Waals surface area contributed by atoms with Gasteiger partial charge in [-0.25, -0.2) is 0 Å². The Morgan fingerprint density at radius 2 is 0.506 bits per heavy atom. The highest BCUT2D eigenvalue weighted by molar-refractivity contribution is 5.71. The second kappa shape index (κ2) is 66.6. The molecule has 0 heterocycles. The number of hydrogen-bond donors (Lipinski definition) is 0. The van der Waals surface area contributed by atoms with Crippen LogP contribution in [0.1, 0.15) is 316 Å². The van der Waals surface area contributed by atoms with Gasteiger partial charge in [-0.05, 0) is 96.3 Å². The van der Waals surface area contributed by atoms with E-state index in [9.17, 15) is 14.4 Å². The van der Waals surface area contributed by atoms with Crippen molar-refractivity contribution < 1.29 is 28.6 Å². The van der Waals surface area contributed by atoms with E-state index in [1.807, 2.05) is 0 Å². The number of carbonyl (C=O) groups is 3. The number of ether oxygens (including phenoxy) is 3. The van der Waals surface area contributed by atoms with E-state index in [-0.39, 0.29) is 37.5 Å². The van der Waals surface area contributed by atoms with Gasteiger partial charge in [0.05, 0.1) is 0 Å². The van der Waals surface area contributed by atoms with Gasteiger partial charge in [-0.1, -0.05) is 310 Å². The van der Waals surface area contributed by atoms with E-state index >= 15 is 0 Å². The minimum atomic E-state index is -0.803. The molecule has 79 heavy (non-hydrogen) atoms. The van der Waals surface area contributed by atoms with E-state index in [4.69, 9.17) is 14.2 Å². The minimum absolute atomic E-state index is 0.0949. The largest absolute Gasteiger partial charge is 0.462 e. The molecule has 0 aliphatic rings. The number of carbonyl (C=O) groups excluding carboxylic acids is 3. The van der Waals surface area contributed by atoms with Crippen molar-refractivity contribution in [3.8, 4) is 0 Å². The Kier molecular flexibility index (Phi) is 63.3. The normalized spacial score (nSPS) is 12.8. The predicted molar refractivity (Wildman–Crippen MR) is 343 cm³/mol. The van der Waals surface area contributed by atoms with E-state index in [0.29, 0.717) is 19.3 Å². The maximum atomic E-state index is 12.9. The molecule has 0 radical (unpaired) electrons. The standard InChI is InChI=1S/C73H124O6/c1-4-7-10-13-16-19-22-25-28-31-33-34-35-36-37-38-40-42-45-48-51-54-57-60-63-66-72(75)78-69-70(68-77-71(74)65-62-59-56-53-50-47-44-41-30-27-24-21-18-15-12-9-6-3)79-73(76)67-64-61-58-55-52-49-46-43-39-32-29-26-23-20-17-14-11-8-5-2/h7,9-10,12,16,18-19,21,25,27-28,30,33-34,44,47,53,56,70H,4-6,8,11,13-15,17,20,22-24,26,29,31-32,35-43,45-46,48-52,54-55,57-69H2,1-3H3/b10-7-,12-9-,19-16-,21-18-,28-25-,30-27-,34-33-,47-44-,56-53-. The van der Waals surface area contributed by atoms with E-state index in [2.05, 4.69) is 130 Å². The predicted octanol–water partition coefficient (Wildman–Crippen LogP) is 23.0. The van der Waals surface area contributed by atoms with E-state index in [1.165, 1.54) is 167 Å². The smallest absolute Gasteiger partial charge is 0.306 e. The molecular weight excluding hydrogens is 973 g/mol. The molecule has 0 amide bonds. The van der Waals surface area contributed by atoms with Crippen LogP contribution in [0.25, 0.3) is 0 Å². The third-order valence-corrected chi connectivity index (χ3v) is 14.3. The maximum Gasteiger partial charge on any atom is 0.306 e. The molecule has 1 unspecified atom stereocenters. The van der Waals surface area contributed by atoms with Gasteiger partial charge in [-0.15, -0.1) is 0 Å². The number of esters is 3. The Morgan fingerprint density at radius 1 is 0.266 bits per heavy atom. The van der Waals surface area contributed by atoms with Crippen LogP contribution in [0.2, 0.25) is 0 Å². The summed E-state index contributed by atoms with van der Waals surface area (Å²) in [6.07, 6.45) is 91.1. The molecule has 0 saturated carbocycles. The minimum Gasteiger partial charge on any atom is -0.462 e. The van der Waals surface area contributed by atoms with E-state index < -0.39 is 6.10 Å². The third-order valence-electron chi connectivity index (χ3n) is 14.3. The fraction of sp³-hybridized carbons (Fsp3) is 0.712. The molecule has 0 aliphatic carbocycles. The van der Waals surface area contributed by atoms with Gasteiger partial charge in [0.1, 0.15) is 13.2 Å². The van der Waals surface area contributed by atoms with Gasteiger partial charge in [0, 0.05) is 19.3 Å². The first kappa shape index (κ1) is 75.1. The average Bonchev–Trinajstić information content (AvgIpc) is 3.45. The fourth-order valence-corrected chi connectivity index (χ4v) is 9.35. The quantitative estimate of drug-likeness (QED) is 0.0261. The van der Waals surface area contributed by atoms with Gasteiger partial charge in [0.25, 0.3) is 0 Å². The Labute approximate surface area is 489 Å². The summed E-state index contributed by atoms with van der Waals surface area (Å²) in [5, 5.41) is 0. The maximum absolute atomic E-state index is 12.9. The lowest BCUT2D eigenvalue weighted by molar-refractivity contribution is -0.167. The van der Waals surface area contributed by atoms with Crippen LogP contribution < -0.4 is 0 Å². The highest BCUT2D eigenvalue weighted by Crippen LogP contribution is 2.17. The highest BCUT2D eigenvalue weighted by atomic mass is 16.6. The average molecular weight is 1100 g/mol. The van der Waals surface area contributed by atoms with Crippen LogP contribution in [0.3, 0.4) is 0 Å². The van der Waals surface area contributed by atoms with Crippen LogP contribution in [-0.2, 0) is 28.6 Å². The van der Waals surface area contributed by atoms with Crippen LogP contribution in [0, 0.1) is 0 Å². The molecule has 0 bridgehead atoms. The van der Waals surface area contributed by atoms with Gasteiger partial charge in [-0.2, -0.15) is 0 Å². The zero-order chi connectivity index (χ0) is 57.1. The summed E-state index contributed by atoms with van der Waals surface area (Å²) in [7, 11) is 0. The van der Waals surface area contributed by atoms with Crippen LogP contribution in [0.5, 0.6) is 0 Å². The van der Waals surface area contributed by atoms with Crippen molar-refractivity contribution in [3.63, 3.8) is 0 Å². The number of allylic oxidation sites excluding steroid dienone is 18. The fourth-order valence-electron chi connectivity index (χ4n) is 9.35. The van der Waals surface area contributed by atoms with E-state index in [1.54, 1.807) is 0 Å². The van der Waals surface area contributed by atoms with Crippen molar-refractivity contribution in [2.24, 2.45) is 0 Å². The molecular formula is C73H124O6. The Bertz CT molecular complexity index is 1590. The number of unbranched alkanes of at least 4 members (excludes halogenated alkanes) is 31. The SMILES string of the molecule is CC/C=C\C/C=C\C/C=C\C/C=C\C/C=C\CCCC(=O)OCC(COC(=O)CCCCCCCCCCCCCC/C=C\C/C=C\C/C=C\C/C=C\CC)OC(=O)CCCCCCCCCCCCCCCCCCCCC. The summed E-state index contributed by atoms with van der Waals surface area (Å²) in [4.78, 5) is 38.4. The number of hydrogen-bond acceptors (Lipinski definition) is 6. The first-order valence-electron chi connectivity index (χ1n) is 33.4. The second-order valence-corrected chi connectivity index (χ2v) is 22.0. The Hall–Kier alpha value is -3.93. The van der Waals surface area contributed by atoms with Gasteiger partial charge in [0.15, 0.2) is 6.10 Å². The van der Waals surface area contributed by atoms with Gasteiger partial charge >= 0.3 is 17.9 Å². The molecule has 0 aliphatic heterocycles. The summed E-state index contributed by atoms with van der Waals surface area (Å²) in [6.45, 7) is 6.40. The molecule has 0 N–H and O–H groups in total. The summed E-state index contributed by atoms with van der Waals surface area (Å²) in [5.74, 6) is -0.944. The van der Waals surface area contributed by atoms with Crippen molar-refractivity contribution in [1.29, 1.82) is 0 Å². The third kappa shape index (κ3) is 64.8. The molecule has 0 saturated heterocycles. The zero-order valence-corrected chi connectivity index (χ0v) is 51.9. The van der Waals surface area contributed by atoms with Crippen LogP contribution in [-0.4, -0.2) is 37.2 Å². The van der Waals surface area contributed by atoms with Crippen molar-refractivity contribution in [2.75, 3.05) is 13.2 Å². The van der Waals surface area contributed by atoms with Crippen molar-refractivity contribution in [1.82, 2.24) is 0 Å². The summed E-state index contributed by atoms with van der Waals surface area (Å²) in [6, 6.07) is 0. The van der Waals surface area contributed by atoms with Gasteiger partial charge in [0.2, 0.25) is 0 Å². The monoisotopic (exact) mass is 1100 g/mol.